The van der Waals surface area contributed by atoms with Gasteiger partial charge < -0.3 is 9.47 Å². The Morgan fingerprint density at radius 2 is 2.14 bits per heavy atom. The lowest BCUT2D eigenvalue weighted by Gasteiger charge is -2.33. The average molecular weight is 288 g/mol. The highest BCUT2D eigenvalue weighted by Gasteiger charge is 2.27. The maximum Gasteiger partial charge on any atom is 0.275 e. The molecule has 0 atom stereocenters. The summed E-state index contributed by atoms with van der Waals surface area (Å²) in [5.74, 6) is -0.885. The zero-order chi connectivity index (χ0) is 14.8. The fourth-order valence-electron chi connectivity index (χ4n) is 2.79. The molecule has 6 heteroatoms. The fourth-order valence-corrected chi connectivity index (χ4v) is 2.79. The van der Waals surface area contributed by atoms with Gasteiger partial charge in [0.05, 0.1) is 6.33 Å². The Bertz CT molecular complexity index is 647. The van der Waals surface area contributed by atoms with Crippen LogP contribution < -0.4 is 0 Å². The summed E-state index contributed by atoms with van der Waals surface area (Å²) in [5.41, 5.74) is 1.03. The number of amides is 1. The number of halogens is 1. The van der Waals surface area contributed by atoms with Crippen LogP contribution in [0.5, 0.6) is 0 Å². The normalized spacial score (nSPS) is 16.2. The zero-order valence-corrected chi connectivity index (χ0v) is 11.9. The SMILES string of the molecule is Cc1cncn1C1CCN(C(=O)c2ncccc2F)CC1. The molecule has 5 nitrogen and oxygen atoms in total. The van der Waals surface area contributed by atoms with Gasteiger partial charge in [-0.25, -0.2) is 14.4 Å². The number of carbonyl (C=O) groups excluding carboxylic acids is 1. The minimum atomic E-state index is -0.560. The molecular formula is C15H17FN4O. The molecule has 1 amide bonds. The van der Waals surface area contributed by atoms with Crippen LogP contribution in [0, 0.1) is 12.7 Å². The second-order valence-corrected chi connectivity index (χ2v) is 5.30. The second kappa shape index (κ2) is 5.63. The molecule has 0 aliphatic carbocycles. The first-order valence-electron chi connectivity index (χ1n) is 7.05. The highest BCUT2D eigenvalue weighted by Crippen LogP contribution is 2.24. The smallest absolute Gasteiger partial charge is 0.275 e. The summed E-state index contributed by atoms with van der Waals surface area (Å²) in [6.45, 7) is 3.24. The summed E-state index contributed by atoms with van der Waals surface area (Å²) in [6, 6.07) is 3.10. The lowest BCUT2D eigenvalue weighted by atomic mass is 10.0. The molecule has 1 aliphatic heterocycles. The van der Waals surface area contributed by atoms with Gasteiger partial charge in [0, 0.05) is 37.2 Å². The first-order chi connectivity index (χ1) is 10.2. The summed E-state index contributed by atoms with van der Waals surface area (Å²) >= 11 is 0. The van der Waals surface area contributed by atoms with Gasteiger partial charge in [-0.15, -0.1) is 0 Å². The highest BCUT2D eigenvalue weighted by atomic mass is 19.1. The monoisotopic (exact) mass is 288 g/mol. The molecular weight excluding hydrogens is 271 g/mol. The molecule has 0 unspecified atom stereocenters. The van der Waals surface area contributed by atoms with E-state index < -0.39 is 5.82 Å². The maximum atomic E-state index is 13.6. The van der Waals surface area contributed by atoms with E-state index in [2.05, 4.69) is 14.5 Å². The number of pyridine rings is 1. The number of aryl methyl sites for hydroxylation is 1. The van der Waals surface area contributed by atoms with Crippen LogP contribution in [-0.2, 0) is 0 Å². The van der Waals surface area contributed by atoms with Gasteiger partial charge in [-0.1, -0.05) is 0 Å². The topological polar surface area (TPSA) is 51.0 Å². The molecule has 1 saturated heterocycles. The number of hydrogen-bond donors (Lipinski definition) is 0. The van der Waals surface area contributed by atoms with Crippen LogP contribution in [0.3, 0.4) is 0 Å². The van der Waals surface area contributed by atoms with Crippen LogP contribution >= 0.6 is 0 Å². The first kappa shape index (κ1) is 13.7. The minimum absolute atomic E-state index is 0.0882. The lowest BCUT2D eigenvalue weighted by Crippen LogP contribution is -2.39. The summed E-state index contributed by atoms with van der Waals surface area (Å²) in [6.07, 6.45) is 6.80. The van der Waals surface area contributed by atoms with Gasteiger partial charge in [0.25, 0.3) is 5.91 Å². The summed E-state index contributed by atoms with van der Waals surface area (Å²) in [5, 5.41) is 0. The third-order valence-electron chi connectivity index (χ3n) is 3.97. The number of piperidine rings is 1. The minimum Gasteiger partial charge on any atom is -0.337 e. The molecule has 0 saturated carbocycles. The zero-order valence-electron chi connectivity index (χ0n) is 11.9. The van der Waals surface area contributed by atoms with Gasteiger partial charge in [0.2, 0.25) is 0 Å². The number of rotatable bonds is 2. The van der Waals surface area contributed by atoms with Gasteiger partial charge in [-0.05, 0) is 31.9 Å². The van der Waals surface area contributed by atoms with E-state index in [4.69, 9.17) is 0 Å². The van der Waals surface area contributed by atoms with Gasteiger partial charge in [0.15, 0.2) is 11.5 Å². The molecule has 2 aromatic rings. The number of hydrogen-bond acceptors (Lipinski definition) is 3. The number of nitrogens with zero attached hydrogens (tertiary/aromatic N) is 4. The van der Waals surface area contributed by atoms with Gasteiger partial charge in [-0.2, -0.15) is 0 Å². The molecule has 21 heavy (non-hydrogen) atoms. The van der Waals surface area contributed by atoms with E-state index in [1.807, 2.05) is 19.4 Å². The molecule has 0 aromatic carbocycles. The summed E-state index contributed by atoms with van der Waals surface area (Å²) < 4.78 is 15.8. The fraction of sp³-hybridized carbons (Fsp3) is 0.400. The quantitative estimate of drug-likeness (QED) is 0.851. The van der Waals surface area contributed by atoms with E-state index in [1.165, 1.54) is 18.3 Å². The van der Waals surface area contributed by atoms with E-state index in [0.717, 1.165) is 18.5 Å². The number of likely N-dealkylation sites (tertiary alicyclic amines) is 1. The Balaban J connectivity index is 1.67. The van der Waals surface area contributed by atoms with E-state index in [0.29, 0.717) is 19.1 Å². The van der Waals surface area contributed by atoms with Crippen LogP contribution in [0.25, 0.3) is 0 Å². The number of carbonyl (C=O) groups is 1. The summed E-state index contributed by atoms with van der Waals surface area (Å²) in [4.78, 5) is 21.9. The first-order valence-corrected chi connectivity index (χ1v) is 7.05. The van der Waals surface area contributed by atoms with Crippen LogP contribution in [0.4, 0.5) is 4.39 Å². The van der Waals surface area contributed by atoms with Crippen LogP contribution in [0.15, 0.2) is 30.9 Å². The van der Waals surface area contributed by atoms with Crippen molar-refractivity contribution < 1.29 is 9.18 Å². The molecule has 0 N–H and O–H groups in total. The summed E-state index contributed by atoms with van der Waals surface area (Å²) in [7, 11) is 0. The predicted octanol–water partition coefficient (Wildman–Crippen LogP) is 2.20. The van der Waals surface area contributed by atoms with Crippen molar-refractivity contribution in [3.8, 4) is 0 Å². The van der Waals surface area contributed by atoms with Crippen molar-refractivity contribution >= 4 is 5.91 Å². The van der Waals surface area contributed by atoms with Crippen molar-refractivity contribution in [3.05, 3.63) is 48.1 Å². The molecule has 2 aromatic heterocycles. The Kier molecular flexibility index (Phi) is 3.68. The van der Waals surface area contributed by atoms with Crippen molar-refractivity contribution in [1.29, 1.82) is 0 Å². The van der Waals surface area contributed by atoms with E-state index in [1.54, 1.807) is 4.90 Å². The standard InChI is InChI=1S/C15H17FN4O/c1-11-9-17-10-20(11)12-4-7-19(8-5-12)15(21)14-13(16)3-2-6-18-14/h2-3,6,9-10,12H,4-5,7-8H2,1H3. The van der Waals surface area contributed by atoms with Crippen molar-refractivity contribution in [3.63, 3.8) is 0 Å². The molecule has 0 radical (unpaired) electrons. The third-order valence-corrected chi connectivity index (χ3v) is 3.97. The molecule has 0 bridgehead atoms. The highest BCUT2D eigenvalue weighted by molar-refractivity contribution is 5.92. The predicted molar refractivity (Wildman–Crippen MR) is 75.3 cm³/mol. The number of aromatic nitrogens is 3. The molecule has 3 rings (SSSR count). The Hall–Kier alpha value is -2.24. The Labute approximate surface area is 122 Å². The molecule has 1 aliphatic rings. The maximum absolute atomic E-state index is 13.6. The Morgan fingerprint density at radius 3 is 2.76 bits per heavy atom. The average Bonchev–Trinajstić information content (AvgIpc) is 2.93. The van der Waals surface area contributed by atoms with Crippen molar-refractivity contribution in [2.75, 3.05) is 13.1 Å². The second-order valence-electron chi connectivity index (χ2n) is 5.30. The molecule has 110 valence electrons. The number of imidazole rings is 1. The lowest BCUT2D eigenvalue weighted by molar-refractivity contribution is 0.0683. The van der Waals surface area contributed by atoms with E-state index in [9.17, 15) is 9.18 Å². The molecule has 1 fully saturated rings. The van der Waals surface area contributed by atoms with Crippen LogP contribution in [0.1, 0.15) is 35.1 Å². The molecule has 3 heterocycles. The van der Waals surface area contributed by atoms with Crippen molar-refractivity contribution in [2.24, 2.45) is 0 Å². The van der Waals surface area contributed by atoms with Gasteiger partial charge >= 0.3 is 0 Å². The van der Waals surface area contributed by atoms with Gasteiger partial charge in [0.1, 0.15) is 0 Å². The van der Waals surface area contributed by atoms with Crippen molar-refractivity contribution in [2.45, 2.75) is 25.8 Å². The molecule has 0 spiro atoms. The van der Waals surface area contributed by atoms with Gasteiger partial charge in [-0.3, -0.25) is 4.79 Å². The Morgan fingerprint density at radius 1 is 1.38 bits per heavy atom. The largest absolute Gasteiger partial charge is 0.337 e. The van der Waals surface area contributed by atoms with E-state index >= 15 is 0 Å². The van der Waals surface area contributed by atoms with Crippen LogP contribution in [-0.4, -0.2) is 38.4 Å². The van der Waals surface area contributed by atoms with Crippen molar-refractivity contribution in [1.82, 2.24) is 19.4 Å². The van der Waals surface area contributed by atoms with Crippen LogP contribution in [0.2, 0.25) is 0 Å². The third kappa shape index (κ3) is 2.66. The van der Waals surface area contributed by atoms with E-state index in [-0.39, 0.29) is 11.6 Å².